The van der Waals surface area contributed by atoms with Crippen LogP contribution in [0.2, 0.25) is 10.0 Å². The molecule has 6 aromatic rings. The summed E-state index contributed by atoms with van der Waals surface area (Å²) in [5, 5.41) is 25.2. The zero-order chi connectivity index (χ0) is 35.9. The van der Waals surface area contributed by atoms with E-state index in [9.17, 15) is 9.90 Å². The number of halogens is 2. The minimum Gasteiger partial charge on any atom is -0.494 e. The van der Waals surface area contributed by atoms with Crippen molar-refractivity contribution in [2.45, 2.75) is 53.5 Å². The Morgan fingerprint density at radius 3 is 2.46 bits per heavy atom. The Balaban J connectivity index is 1.34. The number of aryl methyl sites for hydroxylation is 7. The Hall–Kier alpha value is -4.73. The molecule has 11 heteroatoms. The van der Waals surface area contributed by atoms with Crippen molar-refractivity contribution in [3.8, 4) is 16.9 Å². The SMILES string of the molecule is C=Cc1c(CCCOc2cc(C)c(Cl)c(C)c2)c2ccc(Cl)c(-c3c(C)n[nH]c3C)c2n1CCCN(C)c1cc(C(=O)O)cc2cnn(C)c12. The summed E-state index contributed by atoms with van der Waals surface area (Å²) in [7, 11) is 3.86. The molecule has 0 atom stereocenters. The van der Waals surface area contributed by atoms with E-state index in [0.29, 0.717) is 24.7 Å². The van der Waals surface area contributed by atoms with E-state index in [1.54, 1.807) is 23.0 Å². The molecule has 0 spiro atoms. The molecule has 9 nitrogen and oxygen atoms in total. The number of aromatic nitrogens is 5. The number of anilines is 1. The fraction of sp³-hybridized carbons (Fsp3) is 0.308. The van der Waals surface area contributed by atoms with Crippen molar-refractivity contribution in [3.63, 3.8) is 0 Å². The van der Waals surface area contributed by atoms with Gasteiger partial charge in [0.2, 0.25) is 0 Å². The average Bonchev–Trinajstić information content (AvgIpc) is 3.73. The van der Waals surface area contributed by atoms with Gasteiger partial charge in [0.15, 0.2) is 0 Å². The van der Waals surface area contributed by atoms with Crippen LogP contribution in [0.1, 0.15) is 57.0 Å². The molecule has 2 N–H and O–H groups in total. The summed E-state index contributed by atoms with van der Waals surface area (Å²) < 4.78 is 10.3. The van der Waals surface area contributed by atoms with Crippen molar-refractivity contribution in [2.75, 3.05) is 25.1 Å². The molecule has 260 valence electrons. The number of benzene rings is 3. The first-order valence-corrected chi connectivity index (χ1v) is 17.4. The number of aromatic amines is 1. The Labute approximate surface area is 302 Å². The number of fused-ring (bicyclic) bond motifs is 2. The first kappa shape index (κ1) is 35.1. The third kappa shape index (κ3) is 6.48. The molecule has 3 heterocycles. The molecule has 0 aliphatic carbocycles. The number of hydrogen-bond donors (Lipinski definition) is 2. The maximum absolute atomic E-state index is 11.9. The highest BCUT2D eigenvalue weighted by Gasteiger charge is 2.24. The molecular formula is C39H42Cl2N6O3. The van der Waals surface area contributed by atoms with Crippen LogP contribution < -0.4 is 9.64 Å². The van der Waals surface area contributed by atoms with Gasteiger partial charge in [-0.1, -0.05) is 35.8 Å². The van der Waals surface area contributed by atoms with Gasteiger partial charge in [-0.15, -0.1) is 0 Å². The second kappa shape index (κ2) is 14.2. The van der Waals surface area contributed by atoms with Crippen molar-refractivity contribution in [2.24, 2.45) is 7.05 Å². The van der Waals surface area contributed by atoms with Gasteiger partial charge < -0.3 is 19.3 Å². The van der Waals surface area contributed by atoms with E-state index in [0.717, 1.165) is 96.9 Å². The van der Waals surface area contributed by atoms with Gasteiger partial charge in [0.1, 0.15) is 5.75 Å². The lowest BCUT2D eigenvalue weighted by Gasteiger charge is -2.22. The summed E-state index contributed by atoms with van der Waals surface area (Å²) in [6.45, 7) is 14.2. The zero-order valence-corrected chi connectivity index (χ0v) is 30.8. The summed E-state index contributed by atoms with van der Waals surface area (Å²) in [6.07, 6.45) is 5.99. The molecule has 50 heavy (non-hydrogen) atoms. The van der Waals surface area contributed by atoms with E-state index in [-0.39, 0.29) is 5.56 Å². The first-order chi connectivity index (χ1) is 23.9. The number of rotatable bonds is 13. The van der Waals surface area contributed by atoms with Crippen LogP contribution >= 0.6 is 23.2 Å². The predicted octanol–water partition coefficient (Wildman–Crippen LogP) is 9.34. The smallest absolute Gasteiger partial charge is 0.335 e. The van der Waals surface area contributed by atoms with Crippen LogP contribution in [0.15, 0.2) is 49.2 Å². The van der Waals surface area contributed by atoms with Crippen LogP contribution in [0.3, 0.4) is 0 Å². The molecule has 0 saturated carbocycles. The number of hydrogen-bond acceptors (Lipinski definition) is 5. The molecular weight excluding hydrogens is 671 g/mol. The van der Waals surface area contributed by atoms with E-state index < -0.39 is 5.97 Å². The second-order valence-corrected chi connectivity index (χ2v) is 13.7. The normalized spacial score (nSPS) is 11.5. The Bertz CT molecular complexity index is 2220. The lowest BCUT2D eigenvalue weighted by Crippen LogP contribution is -2.21. The maximum atomic E-state index is 11.9. The van der Waals surface area contributed by atoms with Gasteiger partial charge in [-0.2, -0.15) is 10.2 Å². The number of carbonyl (C=O) groups is 1. The van der Waals surface area contributed by atoms with Crippen LogP contribution in [0.4, 0.5) is 5.69 Å². The predicted molar refractivity (Wildman–Crippen MR) is 204 cm³/mol. The van der Waals surface area contributed by atoms with E-state index in [1.807, 2.05) is 66.1 Å². The van der Waals surface area contributed by atoms with Gasteiger partial charge in [-0.3, -0.25) is 9.78 Å². The lowest BCUT2D eigenvalue weighted by atomic mass is 9.98. The van der Waals surface area contributed by atoms with Crippen LogP contribution in [-0.4, -0.2) is 55.8 Å². The van der Waals surface area contributed by atoms with Crippen molar-refractivity contribution in [3.05, 3.63) is 98.6 Å². The number of nitrogens with zero attached hydrogens (tertiary/aromatic N) is 5. The highest BCUT2D eigenvalue weighted by Crippen LogP contribution is 2.42. The van der Waals surface area contributed by atoms with Crippen molar-refractivity contribution in [1.82, 2.24) is 24.5 Å². The van der Waals surface area contributed by atoms with E-state index in [2.05, 4.69) is 37.4 Å². The number of H-pyrrole nitrogens is 1. The van der Waals surface area contributed by atoms with Gasteiger partial charge in [0.05, 0.1) is 45.8 Å². The van der Waals surface area contributed by atoms with E-state index in [4.69, 9.17) is 27.9 Å². The molecule has 0 bridgehead atoms. The average molecular weight is 714 g/mol. The molecule has 0 amide bonds. The number of aromatic carboxylic acids is 1. The lowest BCUT2D eigenvalue weighted by molar-refractivity contribution is 0.0697. The fourth-order valence-electron chi connectivity index (χ4n) is 7.13. The number of carboxylic acid groups (broad SMARTS) is 1. The molecule has 0 aliphatic heterocycles. The molecule has 0 aliphatic rings. The van der Waals surface area contributed by atoms with Crippen LogP contribution in [0.25, 0.3) is 39.0 Å². The Kier molecular flexibility index (Phi) is 10.0. The highest BCUT2D eigenvalue weighted by molar-refractivity contribution is 6.35. The monoisotopic (exact) mass is 712 g/mol. The highest BCUT2D eigenvalue weighted by atomic mass is 35.5. The van der Waals surface area contributed by atoms with Crippen LogP contribution in [-0.2, 0) is 20.0 Å². The fourth-order valence-corrected chi connectivity index (χ4v) is 7.48. The van der Waals surface area contributed by atoms with Gasteiger partial charge >= 0.3 is 5.97 Å². The summed E-state index contributed by atoms with van der Waals surface area (Å²) in [5.41, 5.74) is 11.0. The van der Waals surface area contributed by atoms with Crippen molar-refractivity contribution >= 4 is 62.7 Å². The molecule has 0 saturated heterocycles. The van der Waals surface area contributed by atoms with Gasteiger partial charge in [0.25, 0.3) is 0 Å². The van der Waals surface area contributed by atoms with Crippen LogP contribution in [0.5, 0.6) is 5.75 Å². The Morgan fingerprint density at radius 1 is 1.06 bits per heavy atom. The number of ether oxygens (including phenoxy) is 1. The standard InChI is InChI=1S/C39H42Cl2N6O3/c1-8-32-29(11-9-16-50-28-17-22(2)36(41)23(3)18-28)30-12-13-31(40)35(34-24(4)43-44-25(34)5)38(30)47(32)15-10-14-45(6)33-20-26(39(48)49)19-27-21-42-46(7)37(27)33/h8,12-13,17-21H,1,9-11,14-16H2,2-7H3,(H,43,44)(H,48,49). The molecule has 0 fully saturated rings. The first-order valence-electron chi connectivity index (χ1n) is 16.7. The summed E-state index contributed by atoms with van der Waals surface area (Å²) in [4.78, 5) is 14.0. The molecule has 6 rings (SSSR count). The van der Waals surface area contributed by atoms with Crippen molar-refractivity contribution in [1.29, 1.82) is 0 Å². The second-order valence-electron chi connectivity index (χ2n) is 13.0. The molecule has 0 unspecified atom stereocenters. The maximum Gasteiger partial charge on any atom is 0.335 e. The van der Waals surface area contributed by atoms with Crippen molar-refractivity contribution < 1.29 is 14.6 Å². The largest absolute Gasteiger partial charge is 0.494 e. The quantitative estimate of drug-likeness (QED) is 0.116. The van der Waals surface area contributed by atoms with Crippen LogP contribution in [0, 0.1) is 27.7 Å². The van der Waals surface area contributed by atoms with Gasteiger partial charge in [0, 0.05) is 65.5 Å². The molecule has 3 aromatic carbocycles. The number of nitrogens with one attached hydrogen (secondary N) is 1. The zero-order valence-electron chi connectivity index (χ0n) is 29.3. The van der Waals surface area contributed by atoms with E-state index >= 15 is 0 Å². The van der Waals surface area contributed by atoms with Gasteiger partial charge in [-0.25, -0.2) is 4.79 Å². The third-order valence-corrected chi connectivity index (χ3v) is 10.4. The molecule has 0 radical (unpaired) electrons. The molecule has 3 aromatic heterocycles. The third-order valence-electron chi connectivity index (χ3n) is 9.49. The topological polar surface area (TPSA) is 101 Å². The Morgan fingerprint density at radius 2 is 1.80 bits per heavy atom. The number of carboxylic acids is 1. The minimum atomic E-state index is -0.967. The van der Waals surface area contributed by atoms with E-state index in [1.165, 1.54) is 5.56 Å². The van der Waals surface area contributed by atoms with Gasteiger partial charge in [-0.05, 0) is 100 Å². The minimum absolute atomic E-state index is 0.234. The summed E-state index contributed by atoms with van der Waals surface area (Å²) in [5.74, 6) is -0.150. The summed E-state index contributed by atoms with van der Waals surface area (Å²) in [6, 6.07) is 11.4. The summed E-state index contributed by atoms with van der Waals surface area (Å²) >= 11 is 13.4.